The molecule has 1 N–H and O–H groups in total. The fourth-order valence-corrected chi connectivity index (χ4v) is 8.65. The number of carboxylic acid groups (broad SMARTS) is 1. The monoisotopic (exact) mass is 424 g/mol. The molecule has 9 atom stereocenters. The van der Waals surface area contributed by atoms with Gasteiger partial charge in [0.05, 0.1) is 11.7 Å². The first-order valence-corrected chi connectivity index (χ1v) is 11.0. The third kappa shape index (κ3) is 2.43. The molecule has 29 heavy (non-hydrogen) atoms. The molecule has 5 aliphatic carbocycles. The standard InChI is InChI=1S/C23H30O5.K/c1-20-6-3-12(24)9-16(20)13-10-14(13)19-15-4-7-22(27,8-5-18(25)26)21(15,2)11-17-23(19,20)28-17;/h9,13-15,17,19,27H,3-8,10-11H2,1-2H3,(H,25,26);/q;+1/p-1/t13-,14+,15?,17-,19?,20+,21+,22-,23-;/m1./s1. The predicted octanol–water partition coefficient (Wildman–Crippen LogP) is -1.23. The molecule has 2 unspecified atom stereocenters. The van der Waals surface area contributed by atoms with Crippen molar-refractivity contribution < 1.29 is 75.9 Å². The number of epoxide rings is 1. The van der Waals surface area contributed by atoms with Gasteiger partial charge in [0, 0.05) is 23.2 Å². The molecule has 1 saturated heterocycles. The molecule has 6 rings (SSSR count). The second kappa shape index (κ2) is 6.27. The summed E-state index contributed by atoms with van der Waals surface area (Å²) in [4.78, 5) is 23.2. The SMILES string of the molecule is C[C@]12CCC(=O)C=C1[C@@H]1C[C@@H]1C1C3CC[C@@](O)(CCC(=O)[O-])[C@@]3(C)C[C@H]3O[C@@]132.[K+]. The van der Waals surface area contributed by atoms with E-state index in [9.17, 15) is 19.8 Å². The Kier molecular flexibility index (Phi) is 4.60. The van der Waals surface area contributed by atoms with Crippen LogP contribution in [0.25, 0.3) is 0 Å². The maximum atomic E-state index is 12.1. The zero-order chi connectivity index (χ0) is 19.7. The van der Waals surface area contributed by atoms with Crippen LogP contribution in [0.15, 0.2) is 11.6 Å². The maximum absolute atomic E-state index is 12.1. The number of hydrogen-bond donors (Lipinski definition) is 1. The molecule has 5 fully saturated rings. The Morgan fingerprint density at radius 2 is 2.10 bits per heavy atom. The molecule has 4 saturated carbocycles. The van der Waals surface area contributed by atoms with Gasteiger partial charge in [-0.3, -0.25) is 4.79 Å². The fourth-order valence-electron chi connectivity index (χ4n) is 8.65. The van der Waals surface area contributed by atoms with Crippen molar-refractivity contribution in [2.45, 2.75) is 82.5 Å². The first kappa shape index (κ1) is 21.3. The molecule has 1 aliphatic heterocycles. The molecule has 0 aromatic rings. The van der Waals surface area contributed by atoms with Crippen molar-refractivity contribution in [2.75, 3.05) is 0 Å². The zero-order valence-electron chi connectivity index (χ0n) is 17.7. The number of aliphatic hydroxyl groups is 1. The van der Waals surface area contributed by atoms with Gasteiger partial charge in [0.25, 0.3) is 0 Å². The summed E-state index contributed by atoms with van der Waals surface area (Å²) in [5.74, 6) is 1.04. The summed E-state index contributed by atoms with van der Waals surface area (Å²) in [6.45, 7) is 4.51. The minimum absolute atomic E-state index is 0. The molecule has 0 bridgehead atoms. The van der Waals surface area contributed by atoms with E-state index in [4.69, 9.17) is 4.74 Å². The van der Waals surface area contributed by atoms with Crippen LogP contribution in [-0.4, -0.2) is 34.2 Å². The molecule has 0 aromatic heterocycles. The summed E-state index contributed by atoms with van der Waals surface area (Å²) < 4.78 is 6.60. The summed E-state index contributed by atoms with van der Waals surface area (Å²) in [6, 6.07) is 0. The van der Waals surface area contributed by atoms with Crippen molar-refractivity contribution in [1.82, 2.24) is 0 Å². The van der Waals surface area contributed by atoms with Gasteiger partial charge in [0.2, 0.25) is 0 Å². The van der Waals surface area contributed by atoms with Gasteiger partial charge >= 0.3 is 51.4 Å². The Morgan fingerprint density at radius 3 is 2.83 bits per heavy atom. The first-order valence-electron chi connectivity index (χ1n) is 11.0. The molecule has 1 spiro atoms. The summed E-state index contributed by atoms with van der Waals surface area (Å²) in [5, 5.41) is 22.6. The van der Waals surface area contributed by atoms with Crippen LogP contribution in [0.4, 0.5) is 0 Å². The Labute approximate surface area is 214 Å². The minimum atomic E-state index is -1.08. The molecule has 0 radical (unpaired) electrons. The second-order valence-electron chi connectivity index (χ2n) is 11.0. The third-order valence-corrected chi connectivity index (χ3v) is 10.2. The van der Waals surface area contributed by atoms with Gasteiger partial charge in [0.1, 0.15) is 5.60 Å². The molecule has 5 nitrogen and oxygen atoms in total. The Morgan fingerprint density at radius 1 is 1.34 bits per heavy atom. The molecule has 6 aliphatic rings. The number of carboxylic acids is 1. The molecule has 0 amide bonds. The normalized spacial score (nSPS) is 55.9. The fraction of sp³-hybridized carbons (Fsp3) is 0.826. The molecule has 152 valence electrons. The predicted molar refractivity (Wildman–Crippen MR) is 97.8 cm³/mol. The largest absolute Gasteiger partial charge is 1.00 e. The van der Waals surface area contributed by atoms with Gasteiger partial charge in [-0.25, -0.2) is 0 Å². The van der Waals surface area contributed by atoms with Crippen LogP contribution in [0.2, 0.25) is 0 Å². The number of carbonyl (C=O) groups excluding carboxylic acids is 2. The van der Waals surface area contributed by atoms with E-state index in [-0.39, 0.29) is 92.5 Å². The molecule has 6 heteroatoms. The van der Waals surface area contributed by atoms with Gasteiger partial charge in [-0.15, -0.1) is 0 Å². The van der Waals surface area contributed by atoms with E-state index in [1.54, 1.807) is 0 Å². The Hall–Kier alpha value is 0.436. The summed E-state index contributed by atoms with van der Waals surface area (Å²) in [7, 11) is 0. The van der Waals surface area contributed by atoms with E-state index >= 15 is 0 Å². The van der Waals surface area contributed by atoms with E-state index < -0.39 is 11.6 Å². The summed E-state index contributed by atoms with van der Waals surface area (Å²) in [6.07, 6.45) is 7.30. The van der Waals surface area contributed by atoms with Crippen molar-refractivity contribution in [1.29, 1.82) is 0 Å². The molecule has 0 aromatic carbocycles. The Balaban J connectivity index is 0.00000181. The van der Waals surface area contributed by atoms with Crippen molar-refractivity contribution in [3.63, 3.8) is 0 Å². The third-order valence-electron chi connectivity index (χ3n) is 10.2. The van der Waals surface area contributed by atoms with Crippen molar-refractivity contribution >= 4 is 11.8 Å². The number of rotatable bonds is 3. The van der Waals surface area contributed by atoms with Crippen LogP contribution in [-0.2, 0) is 14.3 Å². The van der Waals surface area contributed by atoms with E-state index in [2.05, 4.69) is 13.8 Å². The molecular formula is C23H29KO5. The number of ketones is 1. The maximum Gasteiger partial charge on any atom is 1.00 e. The van der Waals surface area contributed by atoms with Gasteiger partial charge in [0.15, 0.2) is 5.78 Å². The number of ether oxygens (including phenoxy) is 1. The van der Waals surface area contributed by atoms with E-state index in [0.29, 0.717) is 36.5 Å². The average Bonchev–Trinajstić information content (AvgIpc) is 3.52. The van der Waals surface area contributed by atoms with Crippen molar-refractivity contribution in [3.05, 3.63) is 11.6 Å². The van der Waals surface area contributed by atoms with Crippen LogP contribution in [0.3, 0.4) is 0 Å². The average molecular weight is 425 g/mol. The van der Waals surface area contributed by atoms with E-state index in [1.165, 1.54) is 5.57 Å². The quantitative estimate of drug-likeness (QED) is 0.453. The van der Waals surface area contributed by atoms with E-state index in [1.807, 2.05) is 6.08 Å². The smallest absolute Gasteiger partial charge is 0.550 e. The molecular weight excluding hydrogens is 395 g/mol. The van der Waals surface area contributed by atoms with Crippen LogP contribution in [0, 0.1) is 34.5 Å². The zero-order valence-corrected chi connectivity index (χ0v) is 20.8. The Bertz CT molecular complexity index is 839. The van der Waals surface area contributed by atoms with Crippen LogP contribution < -0.4 is 56.5 Å². The number of aliphatic carboxylic acids is 1. The number of hydrogen-bond acceptors (Lipinski definition) is 5. The van der Waals surface area contributed by atoms with Gasteiger partial charge in [-0.1, -0.05) is 19.4 Å². The van der Waals surface area contributed by atoms with Crippen LogP contribution >= 0.6 is 0 Å². The molecule has 1 heterocycles. The van der Waals surface area contributed by atoms with Gasteiger partial charge < -0.3 is 19.7 Å². The topological polar surface area (TPSA) is 90.0 Å². The first-order chi connectivity index (χ1) is 13.2. The van der Waals surface area contributed by atoms with Gasteiger partial charge in [-0.05, 0) is 74.7 Å². The van der Waals surface area contributed by atoms with Crippen LogP contribution in [0.1, 0.15) is 65.2 Å². The van der Waals surface area contributed by atoms with Crippen molar-refractivity contribution in [3.8, 4) is 0 Å². The number of carbonyl (C=O) groups is 2. The second-order valence-corrected chi connectivity index (χ2v) is 11.0. The van der Waals surface area contributed by atoms with E-state index in [0.717, 1.165) is 25.7 Å². The summed E-state index contributed by atoms with van der Waals surface area (Å²) >= 11 is 0. The minimum Gasteiger partial charge on any atom is -0.550 e. The number of fused-ring (bicyclic) bond motifs is 6. The van der Waals surface area contributed by atoms with Gasteiger partial charge in [-0.2, -0.15) is 0 Å². The summed E-state index contributed by atoms with van der Waals surface area (Å²) in [5.41, 5.74) is -0.115. The van der Waals surface area contributed by atoms with Crippen LogP contribution in [0.5, 0.6) is 0 Å². The van der Waals surface area contributed by atoms with Crippen molar-refractivity contribution in [2.24, 2.45) is 34.5 Å².